The van der Waals surface area contributed by atoms with E-state index in [1.807, 2.05) is 26.0 Å². The van der Waals surface area contributed by atoms with Gasteiger partial charge in [-0.25, -0.2) is 4.68 Å². The molecule has 2 rings (SSSR count). The monoisotopic (exact) mass is 327 g/mol. The Morgan fingerprint density at radius 2 is 1.67 bits per heavy atom. The van der Waals surface area contributed by atoms with Crippen LogP contribution in [0.1, 0.15) is 33.6 Å². The van der Waals surface area contributed by atoms with Gasteiger partial charge in [-0.1, -0.05) is 17.7 Å². The summed E-state index contributed by atoms with van der Waals surface area (Å²) < 4.78 is 1.21. The number of rotatable bonds is 5. The maximum absolute atomic E-state index is 11.9. The Kier molecular flexibility index (Phi) is 5.52. The minimum atomic E-state index is -0.340. The second kappa shape index (κ2) is 7.59. The molecule has 2 N–H and O–H groups in total. The van der Waals surface area contributed by atoms with Crippen LogP contribution in [0.2, 0.25) is 0 Å². The Morgan fingerprint density at radius 1 is 1.00 bits per heavy atom. The number of carbonyl (C=O) groups excluding carboxylic acids is 2. The first-order valence-corrected chi connectivity index (χ1v) is 7.72. The molecule has 0 fully saturated rings. The molecule has 0 aliphatic heterocycles. The van der Waals surface area contributed by atoms with E-state index < -0.39 is 0 Å². The second-order valence-corrected chi connectivity index (χ2v) is 5.75. The summed E-state index contributed by atoms with van der Waals surface area (Å²) in [7, 11) is 0. The number of hydrogen-bond donors (Lipinski definition) is 2. The molecule has 0 spiro atoms. The molecule has 0 bridgehead atoms. The van der Waals surface area contributed by atoms with Crippen LogP contribution in [0.4, 0.5) is 0 Å². The minimum absolute atomic E-state index is 0.0807. The molecule has 0 saturated carbocycles. The normalized spacial score (nSPS) is 10.3. The van der Waals surface area contributed by atoms with Crippen LogP contribution in [0.25, 0.3) is 0 Å². The summed E-state index contributed by atoms with van der Waals surface area (Å²) in [6, 6.07) is 10.4. The molecule has 1 heterocycles. The van der Waals surface area contributed by atoms with Crippen molar-refractivity contribution in [2.24, 2.45) is 0 Å². The SMILES string of the molecule is Cc1ccc(C(=O)NCCC(=O)Nn2c(C)cc(C)cc2=O)cc1. The molecule has 0 aliphatic carbocycles. The molecule has 0 radical (unpaired) electrons. The lowest BCUT2D eigenvalue weighted by Crippen LogP contribution is -2.36. The van der Waals surface area contributed by atoms with E-state index in [2.05, 4.69) is 10.7 Å². The number of aromatic nitrogens is 1. The largest absolute Gasteiger partial charge is 0.352 e. The van der Waals surface area contributed by atoms with Crippen LogP contribution < -0.4 is 16.3 Å². The molecule has 0 unspecified atom stereocenters. The van der Waals surface area contributed by atoms with Crippen LogP contribution in [-0.2, 0) is 4.79 Å². The third-order valence-electron chi connectivity index (χ3n) is 3.55. The third kappa shape index (κ3) is 4.55. The van der Waals surface area contributed by atoms with E-state index in [0.29, 0.717) is 11.3 Å². The van der Waals surface area contributed by atoms with Gasteiger partial charge in [0.25, 0.3) is 11.5 Å². The minimum Gasteiger partial charge on any atom is -0.352 e. The fraction of sp³-hybridized carbons (Fsp3) is 0.278. The highest BCUT2D eigenvalue weighted by atomic mass is 16.2. The molecule has 1 aromatic carbocycles. The molecule has 6 heteroatoms. The molecule has 126 valence electrons. The summed E-state index contributed by atoms with van der Waals surface area (Å²) >= 11 is 0. The Labute approximate surface area is 140 Å². The molecule has 6 nitrogen and oxygen atoms in total. The maximum atomic E-state index is 11.9. The number of nitrogens with one attached hydrogen (secondary N) is 2. The van der Waals surface area contributed by atoms with Crippen LogP contribution in [-0.4, -0.2) is 23.0 Å². The average Bonchev–Trinajstić information content (AvgIpc) is 2.51. The van der Waals surface area contributed by atoms with Crippen LogP contribution in [0, 0.1) is 20.8 Å². The molecule has 0 atom stereocenters. The van der Waals surface area contributed by atoms with Crippen molar-refractivity contribution in [1.29, 1.82) is 0 Å². The highest BCUT2D eigenvalue weighted by Crippen LogP contribution is 2.02. The van der Waals surface area contributed by atoms with E-state index in [1.165, 1.54) is 10.7 Å². The van der Waals surface area contributed by atoms with E-state index in [1.54, 1.807) is 25.1 Å². The lowest BCUT2D eigenvalue weighted by atomic mass is 10.1. The van der Waals surface area contributed by atoms with E-state index in [-0.39, 0.29) is 30.3 Å². The lowest BCUT2D eigenvalue weighted by molar-refractivity contribution is -0.117. The van der Waals surface area contributed by atoms with E-state index in [0.717, 1.165) is 11.1 Å². The number of pyridine rings is 1. The summed E-state index contributed by atoms with van der Waals surface area (Å²) in [4.78, 5) is 35.8. The predicted octanol–water partition coefficient (Wildman–Crippen LogP) is 1.66. The Balaban J connectivity index is 1.87. The number of hydrogen-bond acceptors (Lipinski definition) is 3. The van der Waals surface area contributed by atoms with Crippen molar-refractivity contribution in [2.45, 2.75) is 27.2 Å². The first-order chi connectivity index (χ1) is 11.4. The maximum Gasteiger partial charge on any atom is 0.269 e. The predicted molar refractivity (Wildman–Crippen MR) is 92.7 cm³/mol. The Hall–Kier alpha value is -2.89. The van der Waals surface area contributed by atoms with Crippen molar-refractivity contribution in [1.82, 2.24) is 9.99 Å². The van der Waals surface area contributed by atoms with Gasteiger partial charge in [0.15, 0.2) is 0 Å². The van der Waals surface area contributed by atoms with Gasteiger partial charge in [-0.15, -0.1) is 0 Å². The van der Waals surface area contributed by atoms with Gasteiger partial charge in [0, 0.05) is 30.3 Å². The first kappa shape index (κ1) is 17.5. The fourth-order valence-electron chi connectivity index (χ4n) is 2.29. The zero-order chi connectivity index (χ0) is 17.7. The zero-order valence-electron chi connectivity index (χ0n) is 14.1. The molecule has 1 aromatic heterocycles. The Morgan fingerprint density at radius 3 is 2.29 bits per heavy atom. The highest BCUT2D eigenvalue weighted by Gasteiger charge is 2.08. The molecule has 2 aromatic rings. The number of carbonyl (C=O) groups is 2. The molecule has 2 amide bonds. The molecular formula is C18H21N3O3. The standard InChI is InChI=1S/C18H21N3O3/c1-12-4-6-15(7-5-12)18(24)19-9-8-16(22)20-21-14(3)10-13(2)11-17(21)23/h4-7,10-11H,8-9H2,1-3H3,(H,19,24)(H,20,22). The topological polar surface area (TPSA) is 80.2 Å². The van der Waals surface area contributed by atoms with Crippen molar-refractivity contribution < 1.29 is 9.59 Å². The summed E-state index contributed by atoms with van der Waals surface area (Å²) in [5, 5.41) is 2.69. The van der Waals surface area contributed by atoms with Gasteiger partial charge in [-0.2, -0.15) is 0 Å². The first-order valence-electron chi connectivity index (χ1n) is 7.72. The van der Waals surface area contributed by atoms with Crippen LogP contribution >= 0.6 is 0 Å². The van der Waals surface area contributed by atoms with Gasteiger partial charge < -0.3 is 5.32 Å². The van der Waals surface area contributed by atoms with Gasteiger partial charge in [0.1, 0.15) is 0 Å². The van der Waals surface area contributed by atoms with Crippen LogP contribution in [0.3, 0.4) is 0 Å². The molecule has 0 saturated heterocycles. The van der Waals surface area contributed by atoms with E-state index in [4.69, 9.17) is 0 Å². The van der Waals surface area contributed by atoms with Crippen molar-refractivity contribution in [3.63, 3.8) is 0 Å². The molecule has 24 heavy (non-hydrogen) atoms. The van der Waals surface area contributed by atoms with Crippen molar-refractivity contribution >= 4 is 11.8 Å². The lowest BCUT2D eigenvalue weighted by Gasteiger charge is -2.12. The van der Waals surface area contributed by atoms with Gasteiger partial charge in [-0.05, 0) is 44.5 Å². The molecule has 0 aliphatic rings. The second-order valence-electron chi connectivity index (χ2n) is 5.75. The summed E-state index contributed by atoms with van der Waals surface area (Å²) in [5.41, 5.74) is 5.37. The molecular weight excluding hydrogens is 306 g/mol. The van der Waals surface area contributed by atoms with Crippen LogP contribution in [0.15, 0.2) is 41.2 Å². The van der Waals surface area contributed by atoms with E-state index in [9.17, 15) is 14.4 Å². The van der Waals surface area contributed by atoms with Gasteiger partial charge in [0.2, 0.25) is 5.91 Å². The van der Waals surface area contributed by atoms with Gasteiger partial charge in [0.05, 0.1) is 0 Å². The number of benzene rings is 1. The summed E-state index contributed by atoms with van der Waals surface area (Å²) in [6.07, 6.45) is 0.0807. The van der Waals surface area contributed by atoms with E-state index >= 15 is 0 Å². The van der Waals surface area contributed by atoms with Gasteiger partial charge in [-0.3, -0.25) is 19.8 Å². The van der Waals surface area contributed by atoms with Gasteiger partial charge >= 0.3 is 0 Å². The summed E-state index contributed by atoms with van der Waals surface area (Å²) in [6.45, 7) is 5.70. The number of nitrogens with zero attached hydrogens (tertiary/aromatic N) is 1. The fourth-order valence-corrected chi connectivity index (χ4v) is 2.29. The smallest absolute Gasteiger partial charge is 0.269 e. The van der Waals surface area contributed by atoms with Crippen molar-refractivity contribution in [3.8, 4) is 0 Å². The highest BCUT2D eigenvalue weighted by molar-refractivity contribution is 5.94. The number of aryl methyl sites for hydroxylation is 3. The zero-order valence-corrected chi connectivity index (χ0v) is 14.1. The summed E-state index contributed by atoms with van der Waals surface area (Å²) in [5.74, 6) is -0.570. The average molecular weight is 327 g/mol. The van der Waals surface area contributed by atoms with Crippen molar-refractivity contribution in [2.75, 3.05) is 12.0 Å². The number of amides is 2. The Bertz CT molecular complexity index is 807. The third-order valence-corrected chi connectivity index (χ3v) is 3.55. The quantitative estimate of drug-likeness (QED) is 0.876. The van der Waals surface area contributed by atoms with Crippen molar-refractivity contribution in [3.05, 3.63) is 69.1 Å². The van der Waals surface area contributed by atoms with Crippen LogP contribution in [0.5, 0.6) is 0 Å².